The summed E-state index contributed by atoms with van der Waals surface area (Å²) >= 11 is 0. The van der Waals surface area contributed by atoms with Crippen molar-refractivity contribution in [1.82, 2.24) is 10.2 Å². The van der Waals surface area contributed by atoms with Crippen LogP contribution in [-0.4, -0.2) is 23.8 Å². The molecule has 1 aliphatic carbocycles. The largest absolute Gasteiger partial charge is 0.383 e. The molecule has 3 N–H and O–H groups in total. The maximum absolute atomic E-state index is 7.10. The van der Waals surface area contributed by atoms with Gasteiger partial charge in [-0.1, -0.05) is 158 Å². The molecule has 0 aromatic heterocycles. The summed E-state index contributed by atoms with van der Waals surface area (Å²) in [6, 6.07) is 65.7. The first kappa shape index (κ1) is 33.9. The Bertz CT molecular complexity index is 2900. The molecule has 5 aliphatic rings. The fourth-order valence-electron chi connectivity index (χ4n) is 10.3. The van der Waals surface area contributed by atoms with Crippen molar-refractivity contribution in [1.29, 1.82) is 0 Å². The van der Waals surface area contributed by atoms with Crippen LogP contribution in [0.4, 0.5) is 17.1 Å². The predicted octanol–water partition coefficient (Wildman–Crippen LogP) is 11.0. The van der Waals surface area contributed by atoms with Crippen LogP contribution in [0.25, 0.3) is 22.3 Å². The molecule has 5 heteroatoms. The average Bonchev–Trinajstić information content (AvgIpc) is 3.86. The van der Waals surface area contributed by atoms with E-state index in [9.17, 15) is 0 Å². The molecule has 282 valence electrons. The van der Waals surface area contributed by atoms with Gasteiger partial charge in [-0.3, -0.25) is 0 Å². The number of amidine groups is 1. The van der Waals surface area contributed by atoms with Gasteiger partial charge in [-0.05, 0) is 92.5 Å². The molecule has 1 spiro atoms. The number of para-hydroxylation sites is 3. The van der Waals surface area contributed by atoms with Crippen LogP contribution in [0.2, 0.25) is 0 Å². The summed E-state index contributed by atoms with van der Waals surface area (Å²) in [6.07, 6.45) is 6.40. The molecule has 0 bridgehead atoms. The lowest BCUT2D eigenvalue weighted by atomic mass is 9.65. The molecule has 0 saturated carbocycles. The van der Waals surface area contributed by atoms with Crippen molar-refractivity contribution >= 4 is 34.0 Å². The van der Waals surface area contributed by atoms with Crippen molar-refractivity contribution in [3.05, 3.63) is 245 Å². The molecular formula is C54H41N5. The van der Waals surface area contributed by atoms with E-state index in [1.165, 1.54) is 50.5 Å². The van der Waals surface area contributed by atoms with Gasteiger partial charge in [-0.15, -0.1) is 0 Å². The van der Waals surface area contributed by atoms with E-state index in [1.54, 1.807) is 0 Å². The van der Waals surface area contributed by atoms with Gasteiger partial charge in [0.05, 0.1) is 23.3 Å². The number of nitrogens with two attached hydrogens (primary N) is 1. The van der Waals surface area contributed by atoms with E-state index in [0.29, 0.717) is 0 Å². The van der Waals surface area contributed by atoms with Crippen LogP contribution in [0, 0.1) is 0 Å². The van der Waals surface area contributed by atoms with E-state index in [2.05, 4.69) is 215 Å². The number of anilines is 3. The van der Waals surface area contributed by atoms with Gasteiger partial charge in [-0.25, -0.2) is 4.99 Å². The lowest BCUT2D eigenvalue weighted by molar-refractivity contribution is 0.659. The quantitative estimate of drug-likeness (QED) is 0.166. The molecule has 1 fully saturated rings. The maximum atomic E-state index is 7.10. The third-order valence-corrected chi connectivity index (χ3v) is 13.0. The Hall–Kier alpha value is -7.21. The molecule has 5 nitrogen and oxygen atoms in total. The van der Waals surface area contributed by atoms with Gasteiger partial charge < -0.3 is 20.9 Å². The number of nitrogens with one attached hydrogen (secondary N) is 1. The molecule has 59 heavy (non-hydrogen) atoms. The molecule has 7 aromatic carbocycles. The Kier molecular flexibility index (Phi) is 7.41. The lowest BCUT2D eigenvalue weighted by Crippen LogP contribution is -2.41. The van der Waals surface area contributed by atoms with Crippen LogP contribution < -0.4 is 16.0 Å². The summed E-state index contributed by atoms with van der Waals surface area (Å²) in [5, 5.41) is 3.91. The van der Waals surface area contributed by atoms with Crippen molar-refractivity contribution in [2.75, 3.05) is 18.0 Å². The molecule has 0 radical (unpaired) electrons. The number of allylic oxidation sites excluding steroid dienone is 3. The van der Waals surface area contributed by atoms with Gasteiger partial charge in [0.15, 0.2) is 0 Å². The molecule has 0 amide bonds. The predicted molar refractivity (Wildman–Crippen MR) is 241 cm³/mol. The van der Waals surface area contributed by atoms with Crippen molar-refractivity contribution < 1.29 is 0 Å². The minimum atomic E-state index is -0.547. The standard InChI is InChI=1S/C54H41N5/c55-51(57-52-44(36-16-4-1-5-17-36)34-53(35-58(52)53)40-20-6-2-7-21-40)39-19-14-18-37(32-39)38-29-30-42-43-24-15-31-56-50(43)54(47(42)33-38)45-25-10-12-27-48(45)59(41-22-8-3-9-23-41)49-28-13-11-26-46(49)54/h1-30,32-34,51,56H,31,35,55H2/b57-52-. The summed E-state index contributed by atoms with van der Waals surface area (Å²) in [5.41, 5.74) is 24.3. The van der Waals surface area contributed by atoms with E-state index >= 15 is 0 Å². The van der Waals surface area contributed by atoms with Crippen LogP contribution in [-0.2, 0) is 11.0 Å². The molecule has 7 aromatic rings. The van der Waals surface area contributed by atoms with Crippen molar-refractivity contribution in [2.45, 2.75) is 17.1 Å². The zero-order valence-electron chi connectivity index (χ0n) is 32.5. The Balaban J connectivity index is 0.975. The molecule has 2 unspecified atom stereocenters. The fraction of sp³-hybridized carbons (Fsp3) is 0.0926. The summed E-state index contributed by atoms with van der Waals surface area (Å²) in [7, 11) is 0. The van der Waals surface area contributed by atoms with Gasteiger partial charge in [0.25, 0.3) is 0 Å². The Morgan fingerprint density at radius 3 is 2.00 bits per heavy atom. The van der Waals surface area contributed by atoms with E-state index < -0.39 is 11.6 Å². The van der Waals surface area contributed by atoms with Crippen molar-refractivity contribution in [3.63, 3.8) is 0 Å². The Morgan fingerprint density at radius 2 is 1.25 bits per heavy atom. The van der Waals surface area contributed by atoms with Gasteiger partial charge in [0.2, 0.25) is 0 Å². The Labute approximate surface area is 344 Å². The maximum Gasteiger partial charge on any atom is 0.134 e. The number of aliphatic imine (C=N–C) groups is 1. The minimum Gasteiger partial charge on any atom is -0.383 e. The highest BCUT2D eigenvalue weighted by atomic mass is 15.4. The van der Waals surface area contributed by atoms with Crippen LogP contribution in [0.15, 0.2) is 211 Å². The summed E-state index contributed by atoms with van der Waals surface area (Å²) < 4.78 is 0. The molecule has 1 saturated heterocycles. The number of dihydropyridines is 1. The number of fused-ring (bicyclic) bond motifs is 9. The molecule has 2 atom stereocenters. The first-order valence-corrected chi connectivity index (χ1v) is 20.5. The highest BCUT2D eigenvalue weighted by Gasteiger charge is 2.59. The number of rotatable bonds is 6. The van der Waals surface area contributed by atoms with Gasteiger partial charge >= 0.3 is 0 Å². The normalized spacial score (nSPS) is 20.0. The monoisotopic (exact) mass is 759 g/mol. The second kappa shape index (κ2) is 12.9. The smallest absolute Gasteiger partial charge is 0.134 e. The van der Waals surface area contributed by atoms with Crippen molar-refractivity contribution in [3.8, 4) is 11.1 Å². The van der Waals surface area contributed by atoms with Gasteiger partial charge in [-0.2, -0.15) is 0 Å². The number of benzene rings is 7. The third kappa shape index (κ3) is 4.92. The summed E-state index contributed by atoms with van der Waals surface area (Å²) in [6.45, 7) is 1.68. The molecule has 4 aliphatic heterocycles. The van der Waals surface area contributed by atoms with E-state index in [0.717, 1.165) is 52.4 Å². The number of nitrogens with zero attached hydrogens (tertiary/aromatic N) is 3. The highest BCUT2D eigenvalue weighted by Crippen LogP contribution is 2.62. The first-order valence-electron chi connectivity index (χ1n) is 20.5. The van der Waals surface area contributed by atoms with Gasteiger partial charge in [0, 0.05) is 29.1 Å². The summed E-state index contributed by atoms with van der Waals surface area (Å²) in [4.78, 5) is 10.1. The van der Waals surface area contributed by atoms with Crippen LogP contribution >= 0.6 is 0 Å². The number of hydrogen-bond donors (Lipinski definition) is 2. The SMILES string of the molecule is NC(/N=C1/C(c2ccccc2)=CC2(c3ccccc3)CN12)c1cccc(-c2ccc3c(c2)C2(C4=C3C=CCN4)c3ccccc3N(c3ccccc3)c3ccccc32)c1. The van der Waals surface area contributed by atoms with Crippen LogP contribution in [0.5, 0.6) is 0 Å². The van der Waals surface area contributed by atoms with Crippen molar-refractivity contribution in [2.24, 2.45) is 10.7 Å². The molecular weight excluding hydrogens is 719 g/mol. The van der Waals surface area contributed by atoms with Gasteiger partial charge in [0.1, 0.15) is 17.5 Å². The molecule has 12 rings (SSSR count). The van der Waals surface area contributed by atoms with E-state index in [-0.39, 0.29) is 5.54 Å². The topological polar surface area (TPSA) is 56.7 Å². The van der Waals surface area contributed by atoms with Crippen LogP contribution in [0.3, 0.4) is 0 Å². The molecule has 4 heterocycles. The second-order valence-corrected chi connectivity index (χ2v) is 16.1. The lowest BCUT2D eigenvalue weighted by Gasteiger charge is -2.46. The zero-order chi connectivity index (χ0) is 39.1. The second-order valence-electron chi connectivity index (χ2n) is 16.1. The average molecular weight is 760 g/mol. The third-order valence-electron chi connectivity index (χ3n) is 13.0. The Morgan fingerprint density at radius 1 is 0.610 bits per heavy atom. The van der Waals surface area contributed by atoms with Crippen LogP contribution in [0.1, 0.15) is 45.1 Å². The highest BCUT2D eigenvalue weighted by molar-refractivity contribution is 6.27. The fourth-order valence-corrected chi connectivity index (χ4v) is 10.3. The zero-order valence-corrected chi connectivity index (χ0v) is 32.5. The first-order chi connectivity index (χ1) is 29.1. The minimum absolute atomic E-state index is 0.182. The number of hydrogen-bond acceptors (Lipinski definition) is 4. The van der Waals surface area contributed by atoms with E-state index in [1.807, 2.05) is 0 Å². The summed E-state index contributed by atoms with van der Waals surface area (Å²) in [5.74, 6) is 0.953. The van der Waals surface area contributed by atoms with E-state index in [4.69, 9.17) is 10.7 Å².